The van der Waals surface area contributed by atoms with E-state index >= 15 is 0 Å². The lowest BCUT2D eigenvalue weighted by Gasteiger charge is -2.33. The first-order chi connectivity index (χ1) is 12.0. The fourth-order valence-electron chi connectivity index (χ4n) is 2.96. The van der Waals surface area contributed by atoms with Crippen molar-refractivity contribution in [3.63, 3.8) is 0 Å². The molecule has 0 radical (unpaired) electrons. The van der Waals surface area contributed by atoms with E-state index in [9.17, 15) is 13.6 Å². The third-order valence-electron chi connectivity index (χ3n) is 4.22. The van der Waals surface area contributed by atoms with E-state index in [0.29, 0.717) is 12.5 Å². The molecular formula is C16H20F2N6O. The van der Waals surface area contributed by atoms with Crippen LogP contribution in [-0.2, 0) is 13.6 Å². The molecule has 25 heavy (non-hydrogen) atoms. The first kappa shape index (κ1) is 17.3. The number of aromatic nitrogens is 3. The smallest absolute Gasteiger partial charge is 0.321 e. The summed E-state index contributed by atoms with van der Waals surface area (Å²) in [6.45, 7) is 1.44. The number of carbonyl (C=O) groups excluding carboxylic acids is 1. The number of benzene rings is 1. The molecule has 2 amide bonds. The Kier molecular flexibility index (Phi) is 5.22. The number of aryl methyl sites for hydroxylation is 1. The Labute approximate surface area is 144 Å². The van der Waals surface area contributed by atoms with Crippen molar-refractivity contribution in [2.24, 2.45) is 7.05 Å². The lowest BCUT2D eigenvalue weighted by molar-refractivity contribution is 0.180. The van der Waals surface area contributed by atoms with Gasteiger partial charge in [0.2, 0.25) is 5.95 Å². The van der Waals surface area contributed by atoms with E-state index in [-0.39, 0.29) is 24.2 Å². The number of halogens is 2. The molecule has 3 rings (SSSR count). The highest BCUT2D eigenvalue weighted by Gasteiger charge is 2.23. The van der Waals surface area contributed by atoms with Gasteiger partial charge in [0.25, 0.3) is 0 Å². The number of anilines is 1. The van der Waals surface area contributed by atoms with Crippen LogP contribution in [0.3, 0.4) is 0 Å². The maximum absolute atomic E-state index is 13.8. The summed E-state index contributed by atoms with van der Waals surface area (Å²) in [4.78, 5) is 17.9. The van der Waals surface area contributed by atoms with Crippen molar-refractivity contribution < 1.29 is 13.6 Å². The van der Waals surface area contributed by atoms with Crippen molar-refractivity contribution in [2.75, 3.05) is 18.4 Å². The first-order valence-electron chi connectivity index (χ1n) is 8.09. The minimum absolute atomic E-state index is 0.0617. The van der Waals surface area contributed by atoms with Gasteiger partial charge in [0, 0.05) is 31.7 Å². The normalized spacial score (nSPS) is 18.1. The molecule has 1 fully saturated rings. The van der Waals surface area contributed by atoms with Crippen molar-refractivity contribution in [1.82, 2.24) is 25.0 Å². The Hall–Kier alpha value is -2.55. The van der Waals surface area contributed by atoms with Gasteiger partial charge in [0.05, 0.1) is 0 Å². The molecule has 2 heterocycles. The van der Waals surface area contributed by atoms with Crippen LogP contribution in [0.5, 0.6) is 0 Å². The number of rotatable bonds is 4. The van der Waals surface area contributed by atoms with Crippen LogP contribution in [0.1, 0.15) is 18.4 Å². The van der Waals surface area contributed by atoms with E-state index in [4.69, 9.17) is 0 Å². The van der Waals surface area contributed by atoms with Gasteiger partial charge < -0.3 is 5.32 Å². The number of nitrogens with zero attached hydrogens (tertiary/aromatic N) is 4. The van der Waals surface area contributed by atoms with Crippen molar-refractivity contribution in [1.29, 1.82) is 0 Å². The van der Waals surface area contributed by atoms with Crippen molar-refractivity contribution in [3.8, 4) is 0 Å². The maximum Gasteiger partial charge on any atom is 0.321 e. The van der Waals surface area contributed by atoms with E-state index in [0.717, 1.165) is 19.4 Å². The SMILES string of the molecule is Cn1ncnc1NC(=O)NC1CCCN(Cc2c(F)cccc2F)C1. The summed E-state index contributed by atoms with van der Waals surface area (Å²) in [6.07, 6.45) is 2.99. The molecule has 0 aliphatic carbocycles. The van der Waals surface area contributed by atoms with Crippen molar-refractivity contribution in [3.05, 3.63) is 41.7 Å². The average molecular weight is 350 g/mol. The molecule has 9 heteroatoms. The molecule has 1 atom stereocenters. The Morgan fingerprint density at radius 2 is 2.12 bits per heavy atom. The predicted octanol–water partition coefficient (Wildman–Crippen LogP) is 1.88. The summed E-state index contributed by atoms with van der Waals surface area (Å²) in [7, 11) is 1.67. The molecule has 1 aliphatic rings. The molecule has 2 N–H and O–H groups in total. The zero-order valence-electron chi connectivity index (χ0n) is 13.9. The number of likely N-dealkylation sites (tertiary alicyclic amines) is 1. The average Bonchev–Trinajstić information content (AvgIpc) is 2.96. The van der Waals surface area contributed by atoms with Gasteiger partial charge in [-0.15, -0.1) is 0 Å². The topological polar surface area (TPSA) is 75.1 Å². The van der Waals surface area contributed by atoms with Gasteiger partial charge in [-0.3, -0.25) is 10.2 Å². The quantitative estimate of drug-likeness (QED) is 0.883. The van der Waals surface area contributed by atoms with Crippen LogP contribution in [0.15, 0.2) is 24.5 Å². The summed E-state index contributed by atoms with van der Waals surface area (Å²) in [6, 6.07) is 3.39. The Morgan fingerprint density at radius 1 is 1.36 bits per heavy atom. The minimum atomic E-state index is -0.546. The third kappa shape index (κ3) is 4.30. The number of nitrogens with one attached hydrogen (secondary N) is 2. The van der Waals surface area contributed by atoms with Crippen LogP contribution in [0.4, 0.5) is 19.5 Å². The predicted molar refractivity (Wildman–Crippen MR) is 87.8 cm³/mol. The van der Waals surface area contributed by atoms with Crippen LogP contribution in [0.2, 0.25) is 0 Å². The van der Waals surface area contributed by atoms with Crippen LogP contribution in [0, 0.1) is 11.6 Å². The molecule has 0 spiro atoms. The second-order valence-corrected chi connectivity index (χ2v) is 6.08. The van der Waals surface area contributed by atoms with Crippen LogP contribution in [0.25, 0.3) is 0 Å². The monoisotopic (exact) mass is 350 g/mol. The van der Waals surface area contributed by atoms with Gasteiger partial charge in [-0.25, -0.2) is 18.3 Å². The van der Waals surface area contributed by atoms with Gasteiger partial charge in [-0.05, 0) is 31.5 Å². The molecule has 1 aromatic heterocycles. The molecule has 1 saturated heterocycles. The highest BCUT2D eigenvalue weighted by molar-refractivity contribution is 5.87. The van der Waals surface area contributed by atoms with Crippen molar-refractivity contribution >= 4 is 12.0 Å². The van der Waals surface area contributed by atoms with Gasteiger partial charge in [-0.1, -0.05) is 6.07 Å². The number of urea groups is 1. The van der Waals surface area contributed by atoms with Crippen LogP contribution >= 0.6 is 0 Å². The zero-order valence-corrected chi connectivity index (χ0v) is 13.9. The zero-order chi connectivity index (χ0) is 17.8. The van der Waals surface area contributed by atoms with Crippen LogP contribution in [-0.4, -0.2) is 44.8 Å². The van der Waals surface area contributed by atoms with Gasteiger partial charge in [-0.2, -0.15) is 10.1 Å². The summed E-state index contributed by atoms with van der Waals surface area (Å²) < 4.78 is 29.1. The lowest BCUT2D eigenvalue weighted by atomic mass is 10.0. The summed E-state index contributed by atoms with van der Waals surface area (Å²) >= 11 is 0. The summed E-state index contributed by atoms with van der Waals surface area (Å²) in [5.74, 6) is -0.746. The van der Waals surface area contributed by atoms with Gasteiger partial charge >= 0.3 is 6.03 Å². The highest BCUT2D eigenvalue weighted by atomic mass is 19.1. The molecule has 7 nitrogen and oxygen atoms in total. The number of piperidine rings is 1. The standard InChI is InChI=1S/C16H20F2N6O/c1-23-15(19-10-20-23)22-16(25)21-11-4-3-7-24(8-11)9-12-13(17)5-2-6-14(12)18/h2,5-6,10-11H,3-4,7-9H2,1H3,(H2,19,20,21,22,25). The largest absolute Gasteiger partial charge is 0.334 e. The fraction of sp³-hybridized carbons (Fsp3) is 0.438. The van der Waals surface area contributed by atoms with Crippen LogP contribution < -0.4 is 10.6 Å². The molecule has 134 valence electrons. The van der Waals surface area contributed by atoms with E-state index in [1.165, 1.54) is 29.2 Å². The first-order valence-corrected chi connectivity index (χ1v) is 8.09. The molecule has 1 unspecified atom stereocenters. The second-order valence-electron chi connectivity index (χ2n) is 6.08. The summed E-state index contributed by atoms with van der Waals surface area (Å²) in [5.41, 5.74) is 0.0617. The molecule has 2 aromatic rings. The maximum atomic E-state index is 13.8. The molecular weight excluding hydrogens is 330 g/mol. The van der Waals surface area contributed by atoms with Gasteiger partial charge in [0.15, 0.2) is 0 Å². The summed E-state index contributed by atoms with van der Waals surface area (Å²) in [5, 5.41) is 9.37. The van der Waals surface area contributed by atoms with E-state index in [2.05, 4.69) is 20.7 Å². The molecule has 1 aliphatic heterocycles. The number of hydrogen-bond donors (Lipinski definition) is 2. The van der Waals surface area contributed by atoms with E-state index < -0.39 is 11.6 Å². The third-order valence-corrected chi connectivity index (χ3v) is 4.22. The number of hydrogen-bond acceptors (Lipinski definition) is 4. The Balaban J connectivity index is 1.56. The Morgan fingerprint density at radius 3 is 2.80 bits per heavy atom. The molecule has 0 saturated carbocycles. The number of amides is 2. The van der Waals surface area contributed by atoms with E-state index in [1.54, 1.807) is 7.05 Å². The minimum Gasteiger partial charge on any atom is -0.334 e. The lowest BCUT2D eigenvalue weighted by Crippen LogP contribution is -2.48. The second kappa shape index (κ2) is 7.56. The van der Waals surface area contributed by atoms with Gasteiger partial charge in [0.1, 0.15) is 18.0 Å². The molecule has 1 aromatic carbocycles. The highest BCUT2D eigenvalue weighted by Crippen LogP contribution is 2.18. The van der Waals surface area contributed by atoms with E-state index in [1.807, 2.05) is 4.90 Å². The number of carbonyl (C=O) groups is 1. The Bertz CT molecular complexity index is 730. The molecule has 0 bridgehead atoms. The van der Waals surface area contributed by atoms with Crippen molar-refractivity contribution in [2.45, 2.75) is 25.4 Å². The fourth-order valence-corrected chi connectivity index (χ4v) is 2.96.